The van der Waals surface area contributed by atoms with E-state index in [1.165, 1.54) is 0 Å². The van der Waals surface area contributed by atoms with Gasteiger partial charge in [-0.15, -0.1) is 0 Å². The molecular weight excluding hydrogens is 476 g/mol. The molecule has 1 heterocycles. The van der Waals surface area contributed by atoms with E-state index in [1.54, 1.807) is 7.11 Å². The molecule has 0 fully saturated rings. The lowest BCUT2D eigenvalue weighted by atomic mass is 9.78. The number of carbonyl (C=O) groups excluding carboxylic acids is 1. The van der Waals surface area contributed by atoms with Crippen LogP contribution >= 0.6 is 0 Å². The third-order valence-electron chi connectivity index (χ3n) is 7.02. The third-order valence-corrected chi connectivity index (χ3v) is 7.02. The van der Waals surface area contributed by atoms with Crippen LogP contribution in [0.3, 0.4) is 0 Å². The van der Waals surface area contributed by atoms with Crippen molar-refractivity contribution >= 4 is 17.2 Å². The Morgan fingerprint density at radius 1 is 0.921 bits per heavy atom. The zero-order valence-electron chi connectivity index (χ0n) is 22.5. The van der Waals surface area contributed by atoms with E-state index < -0.39 is 0 Å². The molecule has 3 aromatic carbocycles. The summed E-state index contributed by atoms with van der Waals surface area (Å²) in [7, 11) is 1.64. The second kappa shape index (κ2) is 11.2. The maximum absolute atomic E-state index is 13.9. The number of fused-ring (bicyclic) bond motifs is 1. The third kappa shape index (κ3) is 5.35. The number of nitrogens with one attached hydrogen (secondary N) is 2. The van der Waals surface area contributed by atoms with Crippen LogP contribution in [0.1, 0.15) is 63.1 Å². The molecule has 2 N–H and O–H groups in total. The number of rotatable bonds is 8. The Bertz CT molecular complexity index is 1330. The maximum Gasteiger partial charge on any atom is 0.163 e. The Balaban J connectivity index is 1.52. The predicted molar refractivity (Wildman–Crippen MR) is 151 cm³/mol. The number of carbonyl (C=O) groups is 1. The molecule has 6 nitrogen and oxygen atoms in total. The molecule has 0 bridgehead atoms. The maximum atomic E-state index is 13.9. The number of anilines is 2. The van der Waals surface area contributed by atoms with Gasteiger partial charge in [0.25, 0.3) is 0 Å². The zero-order chi connectivity index (χ0) is 26.6. The van der Waals surface area contributed by atoms with Crippen LogP contribution in [0.2, 0.25) is 0 Å². The predicted octanol–water partition coefficient (Wildman–Crippen LogP) is 7.25. The van der Waals surface area contributed by atoms with Crippen LogP contribution in [0.5, 0.6) is 17.2 Å². The molecule has 5 rings (SSSR count). The molecular formula is C32H36N2O4. The van der Waals surface area contributed by atoms with E-state index in [0.717, 1.165) is 52.4 Å². The van der Waals surface area contributed by atoms with Crippen molar-refractivity contribution in [1.82, 2.24) is 0 Å². The molecule has 0 aromatic heterocycles. The van der Waals surface area contributed by atoms with Crippen molar-refractivity contribution in [3.05, 3.63) is 89.1 Å². The molecule has 0 spiro atoms. The lowest BCUT2D eigenvalue weighted by Gasteiger charge is -2.30. The first-order valence-electron chi connectivity index (χ1n) is 13.4. The number of Topliss-reactive ketones (excluding diaryl/α,β-unsaturated/α-hetero) is 1. The van der Waals surface area contributed by atoms with Gasteiger partial charge in [-0.2, -0.15) is 0 Å². The van der Waals surface area contributed by atoms with Crippen LogP contribution < -0.4 is 24.8 Å². The van der Waals surface area contributed by atoms with Crippen molar-refractivity contribution in [3.8, 4) is 17.2 Å². The van der Waals surface area contributed by atoms with Crippen molar-refractivity contribution in [2.24, 2.45) is 0 Å². The number of benzene rings is 3. The second-order valence-electron chi connectivity index (χ2n) is 10.2. The minimum atomic E-state index is -0.318. The molecule has 2 aliphatic rings. The van der Waals surface area contributed by atoms with E-state index in [4.69, 9.17) is 14.2 Å². The largest absolute Gasteiger partial charge is 0.494 e. The van der Waals surface area contributed by atoms with Crippen molar-refractivity contribution in [2.75, 3.05) is 24.4 Å². The smallest absolute Gasteiger partial charge is 0.163 e. The topological polar surface area (TPSA) is 68.8 Å². The molecule has 1 aliphatic carbocycles. The zero-order valence-corrected chi connectivity index (χ0v) is 22.5. The normalized spacial score (nSPS) is 18.6. The van der Waals surface area contributed by atoms with Gasteiger partial charge in [0.1, 0.15) is 5.75 Å². The molecule has 0 amide bonds. The quantitative estimate of drug-likeness (QED) is 0.331. The molecule has 2 atom stereocenters. The van der Waals surface area contributed by atoms with E-state index in [-0.39, 0.29) is 23.8 Å². The summed E-state index contributed by atoms with van der Waals surface area (Å²) in [4.78, 5) is 13.9. The highest BCUT2D eigenvalue weighted by molar-refractivity contribution is 6.01. The number of para-hydroxylation sites is 2. The first-order valence-corrected chi connectivity index (χ1v) is 13.4. The minimum absolute atomic E-state index is 0.0280. The number of ether oxygens (including phenoxy) is 3. The summed E-state index contributed by atoms with van der Waals surface area (Å²) in [5.74, 6) is 2.44. The van der Waals surface area contributed by atoms with E-state index in [1.807, 2.05) is 68.4 Å². The fraction of sp³-hybridized carbons (Fsp3) is 0.344. The number of allylic oxidation sites excluding steroid dienone is 1. The summed E-state index contributed by atoms with van der Waals surface area (Å²) in [5, 5.41) is 7.26. The SMILES string of the molecule is CCCOc1ccc(C2CC(=O)C3=C(C2)Nc2ccccc2NC3c2ccc(OC(C)C)c(OC)c2)cc1. The van der Waals surface area contributed by atoms with Gasteiger partial charge in [0.2, 0.25) is 0 Å². The Morgan fingerprint density at radius 3 is 2.37 bits per heavy atom. The first-order chi connectivity index (χ1) is 18.5. The summed E-state index contributed by atoms with van der Waals surface area (Å²) in [6.07, 6.45) is 2.20. The number of methoxy groups -OCH3 is 1. The van der Waals surface area contributed by atoms with Gasteiger partial charge in [0.15, 0.2) is 17.3 Å². The van der Waals surface area contributed by atoms with Crippen LogP contribution in [0.25, 0.3) is 0 Å². The van der Waals surface area contributed by atoms with Crippen molar-refractivity contribution in [1.29, 1.82) is 0 Å². The van der Waals surface area contributed by atoms with E-state index in [2.05, 4.69) is 29.7 Å². The molecule has 3 aromatic rings. The molecule has 0 saturated heterocycles. The van der Waals surface area contributed by atoms with Gasteiger partial charge in [-0.05, 0) is 80.1 Å². The van der Waals surface area contributed by atoms with Crippen LogP contribution in [-0.4, -0.2) is 25.6 Å². The molecule has 0 radical (unpaired) electrons. The average Bonchev–Trinajstić information content (AvgIpc) is 3.09. The molecule has 1 aliphatic heterocycles. The van der Waals surface area contributed by atoms with Crippen LogP contribution in [-0.2, 0) is 4.79 Å². The lowest BCUT2D eigenvalue weighted by Crippen LogP contribution is -2.27. The Hall–Kier alpha value is -3.93. The highest BCUT2D eigenvalue weighted by atomic mass is 16.5. The summed E-state index contributed by atoms with van der Waals surface area (Å²) in [6, 6.07) is 21.9. The van der Waals surface area contributed by atoms with Crippen molar-refractivity contribution < 1.29 is 19.0 Å². The van der Waals surface area contributed by atoms with Crippen LogP contribution in [0, 0.1) is 0 Å². The molecule has 38 heavy (non-hydrogen) atoms. The van der Waals surface area contributed by atoms with Crippen LogP contribution in [0.15, 0.2) is 78.0 Å². The summed E-state index contributed by atoms with van der Waals surface area (Å²) in [5.41, 5.74) is 5.75. The van der Waals surface area contributed by atoms with Gasteiger partial charge in [0, 0.05) is 17.7 Å². The Morgan fingerprint density at radius 2 is 1.66 bits per heavy atom. The number of ketones is 1. The van der Waals surface area contributed by atoms with Crippen molar-refractivity contribution in [3.63, 3.8) is 0 Å². The summed E-state index contributed by atoms with van der Waals surface area (Å²) >= 11 is 0. The van der Waals surface area contributed by atoms with Gasteiger partial charge >= 0.3 is 0 Å². The number of hydrogen-bond donors (Lipinski definition) is 2. The van der Waals surface area contributed by atoms with Gasteiger partial charge in [0.05, 0.1) is 37.2 Å². The minimum Gasteiger partial charge on any atom is -0.494 e. The highest BCUT2D eigenvalue weighted by Gasteiger charge is 2.36. The van der Waals surface area contributed by atoms with Gasteiger partial charge < -0.3 is 24.8 Å². The fourth-order valence-corrected chi connectivity index (χ4v) is 5.25. The van der Waals surface area contributed by atoms with E-state index in [0.29, 0.717) is 24.5 Å². The van der Waals surface area contributed by atoms with E-state index in [9.17, 15) is 4.79 Å². The van der Waals surface area contributed by atoms with Gasteiger partial charge in [-0.1, -0.05) is 37.3 Å². The molecule has 6 heteroatoms. The molecule has 198 valence electrons. The van der Waals surface area contributed by atoms with Gasteiger partial charge in [-0.3, -0.25) is 4.79 Å². The monoisotopic (exact) mass is 512 g/mol. The van der Waals surface area contributed by atoms with Crippen LogP contribution in [0.4, 0.5) is 11.4 Å². The highest BCUT2D eigenvalue weighted by Crippen LogP contribution is 2.45. The lowest BCUT2D eigenvalue weighted by molar-refractivity contribution is -0.116. The van der Waals surface area contributed by atoms with E-state index >= 15 is 0 Å². The Kier molecular flexibility index (Phi) is 7.59. The number of hydrogen-bond acceptors (Lipinski definition) is 6. The molecule has 2 unspecified atom stereocenters. The first kappa shape index (κ1) is 25.7. The average molecular weight is 513 g/mol. The standard InChI is InChI=1S/C32H36N2O4/c1-5-16-37-24-13-10-21(11-14-24)23-17-27-31(28(35)18-23)32(34-26-9-7-6-8-25(26)33-27)22-12-15-29(38-20(2)3)30(19-22)36-4/h6-15,19-20,23,32-34H,5,16-18H2,1-4H3. The second-order valence-corrected chi connectivity index (χ2v) is 10.2. The fourth-order valence-electron chi connectivity index (χ4n) is 5.25. The summed E-state index contributed by atoms with van der Waals surface area (Å²) < 4.78 is 17.4. The Labute approximate surface area is 225 Å². The van der Waals surface area contributed by atoms with Gasteiger partial charge in [-0.25, -0.2) is 0 Å². The van der Waals surface area contributed by atoms with Crippen molar-refractivity contribution in [2.45, 2.75) is 58.1 Å². The molecule has 0 saturated carbocycles. The summed E-state index contributed by atoms with van der Waals surface area (Å²) in [6.45, 7) is 6.77.